The lowest BCUT2D eigenvalue weighted by Gasteiger charge is -2.21. The Kier molecular flexibility index (Phi) is 4.53. The van der Waals surface area contributed by atoms with Crippen LogP contribution in [-0.2, 0) is 13.1 Å². The standard InChI is InChI=1S/C16H19FN2/c1-2-19(11-13-7-9-15(17)10-8-13)12-14-5-3-4-6-16(14)18/h3-10H,2,11-12,18H2,1H3. The van der Waals surface area contributed by atoms with E-state index in [2.05, 4.69) is 11.8 Å². The highest BCUT2D eigenvalue weighted by molar-refractivity contribution is 5.46. The lowest BCUT2D eigenvalue weighted by Crippen LogP contribution is -2.22. The number of hydrogen-bond acceptors (Lipinski definition) is 2. The quantitative estimate of drug-likeness (QED) is 0.832. The Hall–Kier alpha value is -1.87. The molecule has 0 fully saturated rings. The number of rotatable bonds is 5. The molecule has 0 atom stereocenters. The van der Waals surface area contributed by atoms with Crippen molar-refractivity contribution in [2.45, 2.75) is 20.0 Å². The van der Waals surface area contributed by atoms with Crippen molar-refractivity contribution >= 4 is 5.69 Å². The molecule has 0 aliphatic rings. The first-order chi connectivity index (χ1) is 9.19. The molecule has 2 aromatic carbocycles. The molecule has 0 unspecified atom stereocenters. The Morgan fingerprint density at radius 1 is 1.00 bits per heavy atom. The van der Waals surface area contributed by atoms with Crippen molar-refractivity contribution in [2.75, 3.05) is 12.3 Å². The van der Waals surface area contributed by atoms with Crippen LogP contribution in [0.1, 0.15) is 18.1 Å². The molecule has 0 amide bonds. The van der Waals surface area contributed by atoms with Gasteiger partial charge in [0, 0.05) is 18.8 Å². The van der Waals surface area contributed by atoms with Gasteiger partial charge in [0.25, 0.3) is 0 Å². The van der Waals surface area contributed by atoms with Gasteiger partial charge < -0.3 is 5.73 Å². The molecule has 2 aromatic rings. The Morgan fingerprint density at radius 2 is 1.68 bits per heavy atom. The molecule has 19 heavy (non-hydrogen) atoms. The minimum absolute atomic E-state index is 0.195. The third kappa shape index (κ3) is 3.80. The maximum absolute atomic E-state index is 12.9. The van der Waals surface area contributed by atoms with Gasteiger partial charge in [-0.3, -0.25) is 4.90 Å². The SMILES string of the molecule is CCN(Cc1ccc(F)cc1)Cc1ccccc1N. The van der Waals surface area contributed by atoms with Gasteiger partial charge in [-0.15, -0.1) is 0 Å². The smallest absolute Gasteiger partial charge is 0.123 e. The first-order valence-corrected chi connectivity index (χ1v) is 6.49. The molecule has 0 heterocycles. The average molecular weight is 258 g/mol. The number of halogens is 1. The summed E-state index contributed by atoms with van der Waals surface area (Å²) in [5, 5.41) is 0. The van der Waals surface area contributed by atoms with Crippen LogP contribution in [0.2, 0.25) is 0 Å². The van der Waals surface area contributed by atoms with E-state index in [1.54, 1.807) is 0 Å². The highest BCUT2D eigenvalue weighted by Crippen LogP contribution is 2.15. The fourth-order valence-corrected chi connectivity index (χ4v) is 2.05. The summed E-state index contributed by atoms with van der Waals surface area (Å²) in [4.78, 5) is 2.28. The summed E-state index contributed by atoms with van der Waals surface area (Å²) in [7, 11) is 0. The summed E-state index contributed by atoms with van der Waals surface area (Å²) in [6.45, 7) is 4.64. The molecule has 100 valence electrons. The Labute approximate surface area is 113 Å². The number of hydrogen-bond donors (Lipinski definition) is 1. The van der Waals surface area contributed by atoms with E-state index in [4.69, 9.17) is 5.73 Å². The topological polar surface area (TPSA) is 29.3 Å². The van der Waals surface area contributed by atoms with Crippen molar-refractivity contribution in [3.8, 4) is 0 Å². The van der Waals surface area contributed by atoms with Gasteiger partial charge in [-0.25, -0.2) is 4.39 Å². The monoisotopic (exact) mass is 258 g/mol. The second-order valence-electron chi connectivity index (χ2n) is 4.63. The summed E-state index contributed by atoms with van der Waals surface area (Å²) < 4.78 is 12.9. The highest BCUT2D eigenvalue weighted by Gasteiger charge is 2.07. The Bertz CT molecular complexity index is 523. The minimum Gasteiger partial charge on any atom is -0.398 e. The number of nitrogen functional groups attached to an aromatic ring is 1. The summed E-state index contributed by atoms with van der Waals surface area (Å²) in [6, 6.07) is 14.6. The van der Waals surface area contributed by atoms with Gasteiger partial charge >= 0.3 is 0 Å². The lowest BCUT2D eigenvalue weighted by atomic mass is 10.1. The van der Waals surface area contributed by atoms with Gasteiger partial charge in [0.05, 0.1) is 0 Å². The normalized spacial score (nSPS) is 10.9. The molecule has 2 rings (SSSR count). The van der Waals surface area contributed by atoms with E-state index in [1.807, 2.05) is 36.4 Å². The lowest BCUT2D eigenvalue weighted by molar-refractivity contribution is 0.272. The number of benzene rings is 2. The van der Waals surface area contributed by atoms with Crippen LogP contribution in [-0.4, -0.2) is 11.4 Å². The van der Waals surface area contributed by atoms with Crippen LogP contribution in [0.5, 0.6) is 0 Å². The van der Waals surface area contributed by atoms with E-state index >= 15 is 0 Å². The number of nitrogens with two attached hydrogens (primary N) is 1. The summed E-state index contributed by atoms with van der Waals surface area (Å²) in [5.74, 6) is -0.195. The van der Waals surface area contributed by atoms with Gasteiger partial charge in [-0.2, -0.15) is 0 Å². The van der Waals surface area contributed by atoms with Crippen molar-refractivity contribution in [3.05, 3.63) is 65.5 Å². The molecule has 3 heteroatoms. The van der Waals surface area contributed by atoms with Gasteiger partial charge in [0.15, 0.2) is 0 Å². The molecule has 2 N–H and O–H groups in total. The van der Waals surface area contributed by atoms with Gasteiger partial charge in [-0.05, 0) is 35.9 Å². The van der Waals surface area contributed by atoms with Crippen LogP contribution in [0.4, 0.5) is 10.1 Å². The van der Waals surface area contributed by atoms with Gasteiger partial charge in [0.2, 0.25) is 0 Å². The molecule has 0 aliphatic heterocycles. The van der Waals surface area contributed by atoms with Crippen molar-refractivity contribution in [2.24, 2.45) is 0 Å². The van der Waals surface area contributed by atoms with E-state index in [-0.39, 0.29) is 5.82 Å². The minimum atomic E-state index is -0.195. The summed E-state index contributed by atoms with van der Waals surface area (Å²) in [6.07, 6.45) is 0. The van der Waals surface area contributed by atoms with Crippen LogP contribution < -0.4 is 5.73 Å². The largest absolute Gasteiger partial charge is 0.398 e. The zero-order chi connectivity index (χ0) is 13.7. The summed E-state index contributed by atoms with van der Waals surface area (Å²) >= 11 is 0. The molecule has 0 spiro atoms. The maximum Gasteiger partial charge on any atom is 0.123 e. The molecule has 0 aromatic heterocycles. The molecular formula is C16H19FN2. The zero-order valence-electron chi connectivity index (χ0n) is 11.1. The van der Waals surface area contributed by atoms with E-state index in [0.717, 1.165) is 36.4 Å². The first-order valence-electron chi connectivity index (χ1n) is 6.49. The second-order valence-corrected chi connectivity index (χ2v) is 4.63. The Balaban J connectivity index is 2.05. The molecule has 0 bridgehead atoms. The van der Waals surface area contributed by atoms with Gasteiger partial charge in [0.1, 0.15) is 5.82 Å². The number of nitrogens with zero attached hydrogens (tertiary/aromatic N) is 1. The number of anilines is 1. The predicted molar refractivity (Wildman–Crippen MR) is 77.0 cm³/mol. The van der Waals surface area contributed by atoms with Crippen LogP contribution in [0.3, 0.4) is 0 Å². The van der Waals surface area contributed by atoms with Crippen LogP contribution in [0.15, 0.2) is 48.5 Å². The van der Waals surface area contributed by atoms with E-state index in [9.17, 15) is 4.39 Å². The fraction of sp³-hybridized carbons (Fsp3) is 0.250. The molecule has 0 saturated carbocycles. The van der Waals surface area contributed by atoms with Crippen LogP contribution in [0.25, 0.3) is 0 Å². The van der Waals surface area contributed by atoms with Crippen molar-refractivity contribution < 1.29 is 4.39 Å². The van der Waals surface area contributed by atoms with Crippen molar-refractivity contribution in [3.63, 3.8) is 0 Å². The Morgan fingerprint density at radius 3 is 2.32 bits per heavy atom. The summed E-state index contributed by atoms with van der Waals surface area (Å²) in [5.41, 5.74) is 9.02. The van der Waals surface area contributed by atoms with Gasteiger partial charge in [-0.1, -0.05) is 37.3 Å². The van der Waals surface area contributed by atoms with Crippen LogP contribution >= 0.6 is 0 Å². The van der Waals surface area contributed by atoms with E-state index in [1.165, 1.54) is 12.1 Å². The third-order valence-corrected chi connectivity index (χ3v) is 3.22. The van der Waals surface area contributed by atoms with Crippen molar-refractivity contribution in [1.82, 2.24) is 4.90 Å². The molecule has 0 aliphatic carbocycles. The molecule has 0 saturated heterocycles. The first kappa shape index (κ1) is 13.6. The third-order valence-electron chi connectivity index (χ3n) is 3.22. The molecule has 0 radical (unpaired) electrons. The van der Waals surface area contributed by atoms with E-state index < -0.39 is 0 Å². The average Bonchev–Trinajstić information content (AvgIpc) is 2.43. The maximum atomic E-state index is 12.9. The highest BCUT2D eigenvalue weighted by atomic mass is 19.1. The predicted octanol–water partition coefficient (Wildman–Crippen LogP) is 3.43. The molecule has 2 nitrogen and oxygen atoms in total. The fourth-order valence-electron chi connectivity index (χ4n) is 2.05. The molecular weight excluding hydrogens is 239 g/mol. The number of para-hydroxylation sites is 1. The van der Waals surface area contributed by atoms with Crippen LogP contribution in [0, 0.1) is 5.82 Å². The van der Waals surface area contributed by atoms with Crippen molar-refractivity contribution in [1.29, 1.82) is 0 Å². The zero-order valence-corrected chi connectivity index (χ0v) is 11.1. The second kappa shape index (κ2) is 6.34. The van der Waals surface area contributed by atoms with E-state index in [0.29, 0.717) is 0 Å².